The zero-order valence-electron chi connectivity index (χ0n) is 12.2. The smallest absolute Gasteiger partial charge is 0.270 e. The summed E-state index contributed by atoms with van der Waals surface area (Å²) in [6.07, 6.45) is 1.89. The molecule has 3 N–H and O–H groups in total. The van der Waals surface area contributed by atoms with Crippen LogP contribution in [0.3, 0.4) is 0 Å². The minimum Gasteiger partial charge on any atom is -0.383 e. The summed E-state index contributed by atoms with van der Waals surface area (Å²) in [5, 5.41) is 19.0. The molecule has 2 rings (SSSR count). The molecular weight excluding hydrogens is 288 g/mol. The molecule has 0 heterocycles. The van der Waals surface area contributed by atoms with E-state index in [2.05, 4.69) is 16.0 Å². The normalized spacial score (nSPS) is 13.3. The maximum absolute atomic E-state index is 11.8. The van der Waals surface area contributed by atoms with Crippen LogP contribution in [0.4, 0.5) is 11.4 Å². The Morgan fingerprint density at radius 1 is 1.32 bits per heavy atom. The lowest BCUT2D eigenvalue weighted by molar-refractivity contribution is -0.384. The summed E-state index contributed by atoms with van der Waals surface area (Å²) in [6, 6.07) is 4.05. The maximum atomic E-state index is 11.8. The van der Waals surface area contributed by atoms with Crippen molar-refractivity contribution in [3.8, 4) is 0 Å². The van der Waals surface area contributed by atoms with Gasteiger partial charge in [-0.15, -0.1) is 0 Å². The van der Waals surface area contributed by atoms with Gasteiger partial charge in [-0.3, -0.25) is 19.7 Å². The number of hydrogen-bond donors (Lipinski definition) is 3. The third-order valence-electron chi connectivity index (χ3n) is 3.37. The van der Waals surface area contributed by atoms with Gasteiger partial charge in [0.25, 0.3) is 11.6 Å². The predicted octanol–water partition coefficient (Wildman–Crippen LogP) is 0.892. The van der Waals surface area contributed by atoms with Crippen molar-refractivity contribution in [1.29, 1.82) is 0 Å². The molecular formula is C14H18N4O4. The molecule has 8 nitrogen and oxygen atoms in total. The van der Waals surface area contributed by atoms with Crippen molar-refractivity contribution in [3.05, 3.63) is 33.9 Å². The zero-order valence-corrected chi connectivity index (χ0v) is 12.2. The molecule has 22 heavy (non-hydrogen) atoms. The van der Waals surface area contributed by atoms with Crippen LogP contribution in [0, 0.1) is 16.0 Å². The molecule has 0 atom stereocenters. The Morgan fingerprint density at radius 3 is 2.64 bits per heavy atom. The second kappa shape index (κ2) is 6.88. The number of nitrogens with zero attached hydrogens (tertiary/aromatic N) is 1. The van der Waals surface area contributed by atoms with Crippen LogP contribution in [0.5, 0.6) is 0 Å². The van der Waals surface area contributed by atoms with E-state index in [-0.39, 0.29) is 23.1 Å². The molecule has 1 aliphatic carbocycles. The predicted molar refractivity (Wildman–Crippen MR) is 80.7 cm³/mol. The topological polar surface area (TPSA) is 113 Å². The summed E-state index contributed by atoms with van der Waals surface area (Å²) in [5.41, 5.74) is 0.544. The monoisotopic (exact) mass is 306 g/mol. The molecule has 0 saturated heterocycles. The fourth-order valence-corrected chi connectivity index (χ4v) is 2.00. The van der Waals surface area contributed by atoms with Gasteiger partial charge in [0.1, 0.15) is 0 Å². The number of non-ortho nitro benzene ring substituents is 1. The third-order valence-corrected chi connectivity index (χ3v) is 3.37. The summed E-state index contributed by atoms with van der Waals surface area (Å²) in [5.74, 6) is -0.203. The number of hydrogen-bond acceptors (Lipinski definition) is 5. The molecule has 0 spiro atoms. The van der Waals surface area contributed by atoms with E-state index in [1.54, 1.807) is 0 Å². The molecule has 0 radical (unpaired) electrons. The van der Waals surface area contributed by atoms with Crippen molar-refractivity contribution in [2.45, 2.75) is 12.8 Å². The van der Waals surface area contributed by atoms with Crippen molar-refractivity contribution in [1.82, 2.24) is 10.6 Å². The van der Waals surface area contributed by atoms with Gasteiger partial charge in [-0.2, -0.15) is 0 Å². The second-order valence-electron chi connectivity index (χ2n) is 5.06. The van der Waals surface area contributed by atoms with Gasteiger partial charge in [0, 0.05) is 43.9 Å². The Morgan fingerprint density at radius 2 is 2.05 bits per heavy atom. The van der Waals surface area contributed by atoms with E-state index in [4.69, 9.17) is 0 Å². The average Bonchev–Trinajstić information content (AvgIpc) is 3.35. The summed E-state index contributed by atoms with van der Waals surface area (Å²) < 4.78 is 0. The Bertz CT molecular complexity index is 599. The molecule has 0 bridgehead atoms. The van der Waals surface area contributed by atoms with Crippen molar-refractivity contribution in [2.75, 3.05) is 25.5 Å². The van der Waals surface area contributed by atoms with E-state index < -0.39 is 10.8 Å². The van der Waals surface area contributed by atoms with Crippen molar-refractivity contribution >= 4 is 23.2 Å². The lowest BCUT2D eigenvalue weighted by atomic mass is 10.1. The molecule has 2 amide bonds. The van der Waals surface area contributed by atoms with Crippen molar-refractivity contribution in [3.63, 3.8) is 0 Å². The van der Waals surface area contributed by atoms with E-state index in [1.807, 2.05) is 0 Å². The lowest BCUT2D eigenvalue weighted by Gasteiger charge is -2.11. The number of amides is 2. The molecule has 8 heteroatoms. The minimum atomic E-state index is -0.550. The first-order valence-electron chi connectivity index (χ1n) is 7.05. The summed E-state index contributed by atoms with van der Waals surface area (Å²) >= 11 is 0. The first-order valence-corrected chi connectivity index (χ1v) is 7.05. The van der Waals surface area contributed by atoms with Crippen molar-refractivity contribution < 1.29 is 14.5 Å². The molecule has 0 aliphatic heterocycles. The Hall–Kier alpha value is -2.64. The molecule has 1 aromatic carbocycles. The van der Waals surface area contributed by atoms with Gasteiger partial charge in [0.15, 0.2) is 0 Å². The van der Waals surface area contributed by atoms with Gasteiger partial charge in [-0.1, -0.05) is 0 Å². The van der Waals surface area contributed by atoms with Gasteiger partial charge in [0.2, 0.25) is 5.91 Å². The standard InChI is InChI=1S/C14H18N4O4/c1-15-14(20)11-8-10(18(21)22)4-5-12(11)16-6-7-17-13(19)9-2-3-9/h4-5,8-9,16H,2-3,6-7H2,1H3,(H,15,20)(H,17,19). The quantitative estimate of drug-likeness (QED) is 0.393. The number of nitrogens with one attached hydrogen (secondary N) is 3. The molecule has 1 aliphatic rings. The van der Waals surface area contributed by atoms with Gasteiger partial charge in [0.05, 0.1) is 10.5 Å². The highest BCUT2D eigenvalue weighted by atomic mass is 16.6. The first-order chi connectivity index (χ1) is 10.5. The first kappa shape index (κ1) is 15.7. The van der Waals surface area contributed by atoms with Gasteiger partial charge < -0.3 is 16.0 Å². The van der Waals surface area contributed by atoms with E-state index in [0.29, 0.717) is 18.8 Å². The Kier molecular flexibility index (Phi) is 4.92. The van der Waals surface area contributed by atoms with Crippen LogP contribution in [0.25, 0.3) is 0 Å². The second-order valence-corrected chi connectivity index (χ2v) is 5.06. The van der Waals surface area contributed by atoms with Gasteiger partial charge in [-0.25, -0.2) is 0 Å². The molecule has 118 valence electrons. The molecule has 1 saturated carbocycles. The van der Waals surface area contributed by atoms with Crippen LogP contribution in [0.1, 0.15) is 23.2 Å². The highest BCUT2D eigenvalue weighted by Crippen LogP contribution is 2.28. The van der Waals surface area contributed by atoms with Crippen LogP contribution in [-0.2, 0) is 4.79 Å². The molecule has 1 fully saturated rings. The summed E-state index contributed by atoms with van der Waals surface area (Å²) in [6.45, 7) is 0.861. The molecule has 1 aromatic rings. The molecule has 0 unspecified atom stereocenters. The van der Waals surface area contributed by atoms with Crippen LogP contribution in [-0.4, -0.2) is 36.9 Å². The highest BCUT2D eigenvalue weighted by molar-refractivity contribution is 6.00. The van der Waals surface area contributed by atoms with Gasteiger partial charge >= 0.3 is 0 Å². The number of benzene rings is 1. The van der Waals surface area contributed by atoms with Crippen LogP contribution in [0.15, 0.2) is 18.2 Å². The number of rotatable bonds is 7. The fourth-order valence-electron chi connectivity index (χ4n) is 2.00. The lowest BCUT2D eigenvalue weighted by Crippen LogP contribution is -2.30. The number of nitro groups is 1. The number of anilines is 1. The maximum Gasteiger partial charge on any atom is 0.270 e. The van der Waals surface area contributed by atoms with E-state index in [9.17, 15) is 19.7 Å². The number of carbonyl (C=O) groups is 2. The molecule has 0 aromatic heterocycles. The van der Waals surface area contributed by atoms with Gasteiger partial charge in [-0.05, 0) is 18.9 Å². The Labute approximate surface area is 127 Å². The Balaban J connectivity index is 1.97. The van der Waals surface area contributed by atoms with E-state index in [0.717, 1.165) is 12.8 Å². The largest absolute Gasteiger partial charge is 0.383 e. The van der Waals surface area contributed by atoms with Crippen molar-refractivity contribution in [2.24, 2.45) is 5.92 Å². The average molecular weight is 306 g/mol. The van der Waals surface area contributed by atoms with E-state index >= 15 is 0 Å². The van der Waals surface area contributed by atoms with E-state index in [1.165, 1.54) is 25.2 Å². The summed E-state index contributed by atoms with van der Waals surface area (Å²) in [4.78, 5) is 33.5. The fraction of sp³-hybridized carbons (Fsp3) is 0.429. The zero-order chi connectivity index (χ0) is 16.1. The van der Waals surface area contributed by atoms with Crippen LogP contribution in [0.2, 0.25) is 0 Å². The SMILES string of the molecule is CNC(=O)c1cc([N+](=O)[O-])ccc1NCCNC(=O)C1CC1. The third kappa shape index (κ3) is 3.94. The minimum absolute atomic E-state index is 0.0528. The highest BCUT2D eigenvalue weighted by Gasteiger charge is 2.29. The number of nitro benzene ring substituents is 1. The van der Waals surface area contributed by atoms with Crippen LogP contribution >= 0.6 is 0 Å². The number of carbonyl (C=O) groups excluding carboxylic acids is 2. The van der Waals surface area contributed by atoms with Crippen LogP contribution < -0.4 is 16.0 Å². The summed E-state index contributed by atoms with van der Waals surface area (Å²) in [7, 11) is 1.46.